The number of nitrogens with zero attached hydrogens (tertiary/aromatic N) is 2. The Morgan fingerprint density at radius 1 is 1.47 bits per heavy atom. The number of rotatable bonds is 5. The maximum Gasteiger partial charge on any atom is 0.347 e. The van der Waals surface area contributed by atoms with E-state index >= 15 is 0 Å². The zero-order valence-corrected chi connectivity index (χ0v) is 11.1. The van der Waals surface area contributed by atoms with Crippen molar-refractivity contribution >= 4 is 34.4 Å². The smallest absolute Gasteiger partial charge is 0.347 e. The molecule has 1 fully saturated rings. The number of likely N-dealkylation sites (tertiary alicyclic amines) is 1. The van der Waals surface area contributed by atoms with E-state index in [-0.39, 0.29) is 22.3 Å². The van der Waals surface area contributed by atoms with Crippen molar-refractivity contribution in [3.8, 4) is 0 Å². The molecule has 1 aromatic heterocycles. The first-order valence-corrected chi connectivity index (χ1v) is 6.33. The van der Waals surface area contributed by atoms with Crippen LogP contribution in [0.5, 0.6) is 0 Å². The molecule has 7 heteroatoms. The lowest BCUT2D eigenvalue weighted by Crippen LogP contribution is -2.25. The highest BCUT2D eigenvalue weighted by atomic mass is 35.5. The molecule has 5 nitrogen and oxygen atoms in total. The van der Waals surface area contributed by atoms with Gasteiger partial charge in [0.2, 0.25) is 0 Å². The van der Waals surface area contributed by atoms with Gasteiger partial charge in [0.15, 0.2) is 0 Å². The summed E-state index contributed by atoms with van der Waals surface area (Å²) in [7, 11) is 0. The highest BCUT2D eigenvalue weighted by Gasteiger charge is 2.15. The van der Waals surface area contributed by atoms with Crippen molar-refractivity contribution in [3.63, 3.8) is 0 Å². The number of hydrogen-bond donors (Lipinski definition) is 1. The Morgan fingerprint density at radius 2 is 2.18 bits per heavy atom. The second-order valence-electron chi connectivity index (χ2n) is 3.87. The Morgan fingerprint density at radius 3 is 2.82 bits per heavy atom. The predicted molar refractivity (Wildman–Crippen MR) is 72.4 cm³/mol. The standard InChI is InChI=1S/C10H15N3O2S.ClH/c14-13(15)10-9(3-8-16-10)11-4-7-12-5-1-2-6-12;/h3,8,11H,1-2,4-7H2;1H. The Hall–Kier alpha value is -0.850. The van der Waals surface area contributed by atoms with Crippen LogP contribution in [0.15, 0.2) is 11.4 Å². The molecule has 1 aliphatic heterocycles. The van der Waals surface area contributed by atoms with Crippen LogP contribution in [0.4, 0.5) is 10.7 Å². The Bertz CT molecular complexity index is 366. The molecule has 0 radical (unpaired) electrons. The maximum atomic E-state index is 10.7. The van der Waals surface area contributed by atoms with Crippen LogP contribution in [0, 0.1) is 10.1 Å². The average Bonchev–Trinajstić information content (AvgIpc) is 2.87. The van der Waals surface area contributed by atoms with E-state index in [1.54, 1.807) is 11.4 Å². The highest BCUT2D eigenvalue weighted by molar-refractivity contribution is 7.14. The van der Waals surface area contributed by atoms with Crippen LogP contribution in [0.1, 0.15) is 12.8 Å². The third-order valence-electron chi connectivity index (χ3n) is 2.75. The first-order chi connectivity index (χ1) is 7.77. The van der Waals surface area contributed by atoms with Crippen molar-refractivity contribution in [2.45, 2.75) is 12.8 Å². The van der Waals surface area contributed by atoms with Gasteiger partial charge >= 0.3 is 5.00 Å². The quantitative estimate of drug-likeness (QED) is 0.664. The van der Waals surface area contributed by atoms with Gasteiger partial charge in [0.1, 0.15) is 5.69 Å². The van der Waals surface area contributed by atoms with E-state index in [1.807, 2.05) is 0 Å². The number of anilines is 1. The minimum atomic E-state index is -0.331. The molecule has 0 spiro atoms. The molecular weight excluding hydrogens is 262 g/mol. The summed E-state index contributed by atoms with van der Waals surface area (Å²) in [5, 5.41) is 15.8. The average molecular weight is 278 g/mol. The molecule has 1 N–H and O–H groups in total. The van der Waals surface area contributed by atoms with E-state index in [0.29, 0.717) is 5.69 Å². The predicted octanol–water partition coefficient (Wildman–Crippen LogP) is 2.59. The van der Waals surface area contributed by atoms with Gasteiger partial charge in [-0.25, -0.2) is 0 Å². The van der Waals surface area contributed by atoms with Gasteiger partial charge in [-0.15, -0.1) is 12.4 Å². The van der Waals surface area contributed by atoms with Crippen LogP contribution in [0.25, 0.3) is 0 Å². The van der Waals surface area contributed by atoms with E-state index in [4.69, 9.17) is 0 Å². The molecule has 0 aliphatic carbocycles. The van der Waals surface area contributed by atoms with E-state index in [1.165, 1.54) is 24.2 Å². The van der Waals surface area contributed by atoms with E-state index in [0.717, 1.165) is 26.2 Å². The van der Waals surface area contributed by atoms with Crippen LogP contribution >= 0.6 is 23.7 Å². The molecule has 0 bridgehead atoms. The molecule has 0 aromatic carbocycles. The third kappa shape index (κ3) is 3.83. The summed E-state index contributed by atoms with van der Waals surface area (Å²) in [6, 6.07) is 1.77. The fourth-order valence-electron chi connectivity index (χ4n) is 1.93. The number of thiophene rings is 1. The molecule has 1 aliphatic rings. The summed E-state index contributed by atoms with van der Waals surface area (Å²) in [6.45, 7) is 4.06. The number of nitrogens with one attached hydrogen (secondary N) is 1. The van der Waals surface area contributed by atoms with Crippen molar-refractivity contribution in [1.82, 2.24) is 4.90 Å². The minimum Gasteiger partial charge on any atom is -0.377 e. The summed E-state index contributed by atoms with van der Waals surface area (Å²) in [4.78, 5) is 12.7. The molecule has 17 heavy (non-hydrogen) atoms. The SMILES string of the molecule is Cl.O=[N+]([O-])c1sccc1NCCN1CCCC1. The second-order valence-corrected chi connectivity index (χ2v) is 4.77. The van der Waals surface area contributed by atoms with Crippen molar-refractivity contribution in [2.75, 3.05) is 31.5 Å². The Labute approximate surface area is 110 Å². The molecule has 0 amide bonds. The van der Waals surface area contributed by atoms with Gasteiger partial charge in [-0.2, -0.15) is 0 Å². The van der Waals surface area contributed by atoms with Crippen molar-refractivity contribution < 1.29 is 4.92 Å². The van der Waals surface area contributed by atoms with Gasteiger partial charge in [0.25, 0.3) is 0 Å². The van der Waals surface area contributed by atoms with Gasteiger partial charge < -0.3 is 10.2 Å². The molecule has 2 rings (SSSR count). The fraction of sp³-hybridized carbons (Fsp3) is 0.600. The van der Waals surface area contributed by atoms with Gasteiger partial charge in [0.05, 0.1) is 4.92 Å². The molecule has 0 atom stereocenters. The minimum absolute atomic E-state index is 0. The van der Waals surface area contributed by atoms with Crippen molar-refractivity contribution in [1.29, 1.82) is 0 Å². The molecule has 96 valence electrons. The van der Waals surface area contributed by atoms with Gasteiger partial charge in [-0.05, 0) is 37.4 Å². The zero-order chi connectivity index (χ0) is 11.4. The highest BCUT2D eigenvalue weighted by Crippen LogP contribution is 2.30. The number of halogens is 1. The molecular formula is C10H16ClN3O2S. The van der Waals surface area contributed by atoms with Crippen LogP contribution in [-0.4, -0.2) is 36.0 Å². The molecule has 1 saturated heterocycles. The fourth-order valence-corrected chi connectivity index (χ4v) is 2.62. The van der Waals surface area contributed by atoms with E-state index in [2.05, 4.69) is 10.2 Å². The first-order valence-electron chi connectivity index (χ1n) is 5.45. The number of nitro groups is 1. The lowest BCUT2D eigenvalue weighted by atomic mass is 10.4. The monoisotopic (exact) mass is 277 g/mol. The van der Waals surface area contributed by atoms with Crippen LogP contribution < -0.4 is 5.32 Å². The van der Waals surface area contributed by atoms with E-state index in [9.17, 15) is 10.1 Å². The summed E-state index contributed by atoms with van der Waals surface area (Å²) < 4.78 is 0. The largest absolute Gasteiger partial charge is 0.377 e. The van der Waals surface area contributed by atoms with Crippen LogP contribution in [0.3, 0.4) is 0 Å². The van der Waals surface area contributed by atoms with Crippen molar-refractivity contribution in [2.24, 2.45) is 0 Å². The zero-order valence-electron chi connectivity index (χ0n) is 9.42. The van der Waals surface area contributed by atoms with E-state index < -0.39 is 0 Å². The second kappa shape index (κ2) is 6.78. The van der Waals surface area contributed by atoms with Gasteiger partial charge in [0, 0.05) is 13.1 Å². The molecule has 1 aromatic rings. The summed E-state index contributed by atoms with van der Waals surface area (Å²) in [5.41, 5.74) is 0.647. The van der Waals surface area contributed by atoms with Gasteiger partial charge in [-0.1, -0.05) is 11.3 Å². The lowest BCUT2D eigenvalue weighted by molar-refractivity contribution is -0.379. The summed E-state index contributed by atoms with van der Waals surface area (Å²) in [6.07, 6.45) is 2.55. The molecule has 2 heterocycles. The third-order valence-corrected chi connectivity index (χ3v) is 3.62. The Kier molecular flexibility index (Phi) is 5.67. The molecule has 0 unspecified atom stereocenters. The van der Waals surface area contributed by atoms with Crippen LogP contribution in [0.2, 0.25) is 0 Å². The Balaban J connectivity index is 0.00000144. The van der Waals surface area contributed by atoms with Crippen molar-refractivity contribution in [3.05, 3.63) is 21.6 Å². The lowest BCUT2D eigenvalue weighted by Gasteiger charge is -2.14. The normalized spacial score (nSPS) is 15.5. The first kappa shape index (κ1) is 14.2. The van der Waals surface area contributed by atoms with Gasteiger partial charge in [-0.3, -0.25) is 10.1 Å². The summed E-state index contributed by atoms with van der Waals surface area (Å²) in [5.74, 6) is 0. The topological polar surface area (TPSA) is 58.4 Å². The summed E-state index contributed by atoms with van der Waals surface area (Å²) >= 11 is 1.17. The number of hydrogen-bond acceptors (Lipinski definition) is 5. The molecule has 0 saturated carbocycles. The maximum absolute atomic E-state index is 10.7. The van der Waals surface area contributed by atoms with Crippen LogP contribution in [-0.2, 0) is 0 Å².